The van der Waals surface area contributed by atoms with Crippen LogP contribution in [0.2, 0.25) is 0 Å². The second-order valence-electron chi connectivity index (χ2n) is 5.45. The molecule has 5 nitrogen and oxygen atoms in total. The summed E-state index contributed by atoms with van der Waals surface area (Å²) in [5.41, 5.74) is 7.98. The van der Waals surface area contributed by atoms with Gasteiger partial charge in [-0.1, -0.05) is 6.07 Å². The highest BCUT2D eigenvalue weighted by molar-refractivity contribution is 5.67. The van der Waals surface area contributed by atoms with Gasteiger partial charge in [0.05, 0.1) is 7.11 Å². The first-order chi connectivity index (χ1) is 10.1. The van der Waals surface area contributed by atoms with Crippen molar-refractivity contribution in [1.82, 2.24) is 9.97 Å². The monoisotopic (exact) mass is 284 g/mol. The normalized spacial score (nSPS) is 14.0. The topological polar surface area (TPSA) is 64.3 Å². The number of ether oxygens (including phenoxy) is 1. The highest BCUT2D eigenvalue weighted by Crippen LogP contribution is 2.40. The number of nitrogens with zero attached hydrogens (tertiary/aromatic N) is 3. The van der Waals surface area contributed by atoms with Crippen molar-refractivity contribution in [3.8, 4) is 5.75 Å². The molecule has 5 heteroatoms. The van der Waals surface area contributed by atoms with Crippen LogP contribution < -0.4 is 15.4 Å². The van der Waals surface area contributed by atoms with Gasteiger partial charge in [-0.25, -0.2) is 9.97 Å². The number of aromatic nitrogens is 2. The average Bonchev–Trinajstić information content (AvgIpc) is 3.34. The number of nitrogen functional groups attached to an aromatic ring is 1. The standard InChI is InChI=1S/C16H20N4O/c1-10-14(17)18-15(11-7-8-11)19-16(10)20(2)12-5-4-6-13(9-12)21-3/h4-6,9,11H,7-8H2,1-3H3,(H2,17,18,19). The molecule has 3 rings (SSSR count). The Morgan fingerprint density at radius 3 is 2.71 bits per heavy atom. The third-order valence-corrected chi connectivity index (χ3v) is 3.88. The van der Waals surface area contributed by atoms with Crippen LogP contribution in [0.25, 0.3) is 0 Å². The maximum atomic E-state index is 6.06. The van der Waals surface area contributed by atoms with E-state index in [1.807, 2.05) is 43.1 Å². The lowest BCUT2D eigenvalue weighted by Gasteiger charge is -2.22. The Morgan fingerprint density at radius 1 is 1.29 bits per heavy atom. The first kappa shape index (κ1) is 13.7. The van der Waals surface area contributed by atoms with E-state index in [0.717, 1.165) is 41.5 Å². The molecule has 0 atom stereocenters. The number of hydrogen-bond acceptors (Lipinski definition) is 5. The van der Waals surface area contributed by atoms with Gasteiger partial charge in [-0.05, 0) is 31.9 Å². The van der Waals surface area contributed by atoms with Crippen molar-refractivity contribution in [2.75, 3.05) is 24.8 Å². The van der Waals surface area contributed by atoms with E-state index in [-0.39, 0.29) is 0 Å². The van der Waals surface area contributed by atoms with Crippen molar-refractivity contribution in [3.63, 3.8) is 0 Å². The molecule has 2 aromatic rings. The van der Waals surface area contributed by atoms with Crippen molar-refractivity contribution >= 4 is 17.3 Å². The zero-order valence-corrected chi connectivity index (χ0v) is 12.6. The van der Waals surface area contributed by atoms with Gasteiger partial charge in [0, 0.05) is 30.3 Å². The third kappa shape index (κ3) is 2.63. The molecule has 2 N–H and O–H groups in total. The summed E-state index contributed by atoms with van der Waals surface area (Å²) in [6.45, 7) is 1.96. The molecule has 1 fully saturated rings. The van der Waals surface area contributed by atoms with Crippen molar-refractivity contribution < 1.29 is 4.74 Å². The molecule has 0 radical (unpaired) electrons. The van der Waals surface area contributed by atoms with Gasteiger partial charge in [-0.15, -0.1) is 0 Å². The van der Waals surface area contributed by atoms with E-state index in [9.17, 15) is 0 Å². The van der Waals surface area contributed by atoms with E-state index in [0.29, 0.717) is 11.7 Å². The lowest BCUT2D eigenvalue weighted by molar-refractivity contribution is 0.415. The fourth-order valence-electron chi connectivity index (χ4n) is 2.33. The van der Waals surface area contributed by atoms with Crippen molar-refractivity contribution in [1.29, 1.82) is 0 Å². The van der Waals surface area contributed by atoms with Crippen LogP contribution in [-0.4, -0.2) is 24.1 Å². The first-order valence-corrected chi connectivity index (χ1v) is 7.12. The summed E-state index contributed by atoms with van der Waals surface area (Å²) in [5, 5.41) is 0. The molecule has 1 aromatic carbocycles. The minimum atomic E-state index is 0.477. The highest BCUT2D eigenvalue weighted by atomic mass is 16.5. The molecular weight excluding hydrogens is 264 g/mol. The number of anilines is 3. The van der Waals surface area contributed by atoms with E-state index < -0.39 is 0 Å². The number of methoxy groups -OCH3 is 1. The van der Waals surface area contributed by atoms with Crippen LogP contribution in [0, 0.1) is 6.92 Å². The zero-order valence-electron chi connectivity index (χ0n) is 12.6. The van der Waals surface area contributed by atoms with Gasteiger partial charge in [-0.3, -0.25) is 0 Å². The summed E-state index contributed by atoms with van der Waals surface area (Å²) in [4.78, 5) is 11.2. The largest absolute Gasteiger partial charge is 0.497 e. The zero-order chi connectivity index (χ0) is 15.0. The van der Waals surface area contributed by atoms with Crippen LogP contribution in [0.4, 0.5) is 17.3 Å². The summed E-state index contributed by atoms with van der Waals surface area (Å²) < 4.78 is 5.28. The molecular formula is C16H20N4O. The van der Waals surface area contributed by atoms with Gasteiger partial charge in [0.15, 0.2) is 0 Å². The fraction of sp³-hybridized carbons (Fsp3) is 0.375. The number of nitrogens with two attached hydrogens (primary N) is 1. The lowest BCUT2D eigenvalue weighted by atomic mass is 10.2. The van der Waals surface area contributed by atoms with Crippen LogP contribution in [0.1, 0.15) is 30.1 Å². The first-order valence-electron chi connectivity index (χ1n) is 7.12. The summed E-state index contributed by atoms with van der Waals surface area (Å²) in [7, 11) is 3.65. The minimum absolute atomic E-state index is 0.477. The predicted octanol–water partition coefficient (Wildman–Crippen LogP) is 3.02. The molecule has 1 aliphatic rings. The summed E-state index contributed by atoms with van der Waals surface area (Å²) in [6.07, 6.45) is 2.32. The van der Waals surface area contributed by atoms with Gasteiger partial charge >= 0.3 is 0 Å². The summed E-state index contributed by atoms with van der Waals surface area (Å²) in [5.74, 6) is 3.59. The second kappa shape index (κ2) is 5.24. The second-order valence-corrected chi connectivity index (χ2v) is 5.45. The number of rotatable bonds is 4. The Morgan fingerprint density at radius 2 is 2.05 bits per heavy atom. The SMILES string of the molecule is COc1cccc(N(C)c2nc(C3CC3)nc(N)c2C)c1. The van der Waals surface area contributed by atoms with Crippen LogP contribution >= 0.6 is 0 Å². The van der Waals surface area contributed by atoms with Crippen LogP contribution in [-0.2, 0) is 0 Å². The van der Waals surface area contributed by atoms with Gasteiger partial charge in [0.25, 0.3) is 0 Å². The fourth-order valence-corrected chi connectivity index (χ4v) is 2.33. The Hall–Kier alpha value is -2.30. The maximum Gasteiger partial charge on any atom is 0.141 e. The van der Waals surface area contributed by atoms with Crippen molar-refractivity contribution in [2.24, 2.45) is 0 Å². The molecule has 1 aliphatic carbocycles. The van der Waals surface area contributed by atoms with Crippen molar-refractivity contribution in [3.05, 3.63) is 35.7 Å². The Labute approximate surface area is 124 Å². The van der Waals surface area contributed by atoms with E-state index in [1.54, 1.807) is 7.11 Å². The van der Waals surface area contributed by atoms with Crippen LogP contribution in [0.15, 0.2) is 24.3 Å². The van der Waals surface area contributed by atoms with E-state index in [4.69, 9.17) is 15.5 Å². The Balaban J connectivity index is 2.01. The molecule has 1 heterocycles. The number of benzene rings is 1. The van der Waals surface area contributed by atoms with E-state index >= 15 is 0 Å². The molecule has 0 unspecified atom stereocenters. The van der Waals surface area contributed by atoms with E-state index in [2.05, 4.69) is 4.98 Å². The smallest absolute Gasteiger partial charge is 0.141 e. The minimum Gasteiger partial charge on any atom is -0.497 e. The van der Waals surface area contributed by atoms with Gasteiger partial charge in [0.2, 0.25) is 0 Å². The molecule has 0 saturated heterocycles. The Kier molecular flexibility index (Phi) is 3.41. The third-order valence-electron chi connectivity index (χ3n) is 3.88. The number of hydrogen-bond donors (Lipinski definition) is 1. The molecule has 110 valence electrons. The van der Waals surface area contributed by atoms with Crippen LogP contribution in [0.3, 0.4) is 0 Å². The molecule has 0 spiro atoms. The van der Waals surface area contributed by atoms with Crippen LogP contribution in [0.5, 0.6) is 5.75 Å². The summed E-state index contributed by atoms with van der Waals surface area (Å²) >= 11 is 0. The lowest BCUT2D eigenvalue weighted by Crippen LogP contribution is -2.16. The van der Waals surface area contributed by atoms with Gasteiger partial charge in [-0.2, -0.15) is 0 Å². The molecule has 1 aromatic heterocycles. The molecule has 1 saturated carbocycles. The van der Waals surface area contributed by atoms with Gasteiger partial charge in [0.1, 0.15) is 23.2 Å². The van der Waals surface area contributed by atoms with Crippen molar-refractivity contribution in [2.45, 2.75) is 25.7 Å². The van der Waals surface area contributed by atoms with Gasteiger partial charge < -0.3 is 15.4 Å². The Bertz CT molecular complexity index is 667. The summed E-state index contributed by atoms with van der Waals surface area (Å²) in [6, 6.07) is 7.89. The molecule has 0 bridgehead atoms. The highest BCUT2D eigenvalue weighted by Gasteiger charge is 2.28. The molecule has 0 aliphatic heterocycles. The predicted molar refractivity (Wildman–Crippen MR) is 84.2 cm³/mol. The van der Waals surface area contributed by atoms with E-state index in [1.165, 1.54) is 0 Å². The maximum absolute atomic E-state index is 6.06. The quantitative estimate of drug-likeness (QED) is 0.935. The molecule has 21 heavy (non-hydrogen) atoms. The molecule has 0 amide bonds. The average molecular weight is 284 g/mol.